The Hall–Kier alpha value is -0.160. The lowest BCUT2D eigenvalue weighted by Gasteiger charge is -2.28. The lowest BCUT2D eigenvalue weighted by Crippen LogP contribution is -2.44. The first-order chi connectivity index (χ1) is 7.47. The SMILES string of the molecule is COCCN(CC(O)CNC(C)C)C(C)C. The van der Waals surface area contributed by atoms with E-state index in [9.17, 15) is 5.11 Å². The number of aliphatic hydroxyl groups is 1. The molecule has 0 radical (unpaired) electrons. The molecule has 0 aliphatic carbocycles. The van der Waals surface area contributed by atoms with Crippen LogP contribution in [0.5, 0.6) is 0 Å². The van der Waals surface area contributed by atoms with Crippen LogP contribution < -0.4 is 5.32 Å². The highest BCUT2D eigenvalue weighted by molar-refractivity contribution is 4.70. The third-order valence-corrected chi connectivity index (χ3v) is 2.52. The van der Waals surface area contributed by atoms with Crippen LogP contribution in [0.25, 0.3) is 0 Å². The Morgan fingerprint density at radius 1 is 1.25 bits per heavy atom. The van der Waals surface area contributed by atoms with Crippen molar-refractivity contribution >= 4 is 0 Å². The summed E-state index contributed by atoms with van der Waals surface area (Å²) in [5, 5.41) is 13.1. The van der Waals surface area contributed by atoms with Crippen molar-refractivity contribution in [3.05, 3.63) is 0 Å². The average molecular weight is 232 g/mol. The molecule has 1 atom stereocenters. The summed E-state index contributed by atoms with van der Waals surface area (Å²) in [6, 6.07) is 0.852. The third kappa shape index (κ3) is 8.05. The summed E-state index contributed by atoms with van der Waals surface area (Å²) in [4.78, 5) is 2.23. The third-order valence-electron chi connectivity index (χ3n) is 2.52. The van der Waals surface area contributed by atoms with Gasteiger partial charge in [0, 0.05) is 38.8 Å². The minimum Gasteiger partial charge on any atom is -0.390 e. The summed E-state index contributed by atoms with van der Waals surface area (Å²) >= 11 is 0. The van der Waals surface area contributed by atoms with Gasteiger partial charge < -0.3 is 15.2 Å². The topological polar surface area (TPSA) is 44.7 Å². The van der Waals surface area contributed by atoms with Crippen LogP contribution in [0.15, 0.2) is 0 Å². The fourth-order valence-corrected chi connectivity index (χ4v) is 1.48. The van der Waals surface area contributed by atoms with E-state index in [0.29, 0.717) is 31.8 Å². The molecule has 0 saturated heterocycles. The van der Waals surface area contributed by atoms with Gasteiger partial charge in [0.15, 0.2) is 0 Å². The van der Waals surface area contributed by atoms with E-state index in [0.717, 1.165) is 6.54 Å². The monoisotopic (exact) mass is 232 g/mol. The number of nitrogens with zero attached hydrogens (tertiary/aromatic N) is 1. The quantitative estimate of drug-likeness (QED) is 0.614. The predicted octanol–water partition coefficient (Wildman–Crippen LogP) is 0.702. The number of hydrogen-bond donors (Lipinski definition) is 2. The summed E-state index contributed by atoms with van der Waals surface area (Å²) in [6.45, 7) is 11.4. The van der Waals surface area contributed by atoms with Gasteiger partial charge in [-0.05, 0) is 13.8 Å². The summed E-state index contributed by atoms with van der Waals surface area (Å²) in [5.41, 5.74) is 0. The molecular formula is C12H28N2O2. The largest absolute Gasteiger partial charge is 0.390 e. The van der Waals surface area contributed by atoms with E-state index in [1.807, 2.05) is 0 Å². The van der Waals surface area contributed by atoms with Crippen LogP contribution in [-0.2, 0) is 4.74 Å². The summed E-state index contributed by atoms with van der Waals surface area (Å²) in [5.74, 6) is 0. The van der Waals surface area contributed by atoms with Crippen molar-refractivity contribution in [2.45, 2.75) is 45.9 Å². The van der Waals surface area contributed by atoms with Crippen molar-refractivity contribution in [3.8, 4) is 0 Å². The molecule has 0 fully saturated rings. The molecule has 0 heterocycles. The molecule has 0 aromatic rings. The lowest BCUT2D eigenvalue weighted by atomic mass is 10.2. The lowest BCUT2D eigenvalue weighted by molar-refractivity contribution is 0.0712. The predicted molar refractivity (Wildman–Crippen MR) is 67.7 cm³/mol. The van der Waals surface area contributed by atoms with Crippen LogP contribution in [0, 0.1) is 0 Å². The fourth-order valence-electron chi connectivity index (χ4n) is 1.48. The van der Waals surface area contributed by atoms with Gasteiger partial charge in [-0.2, -0.15) is 0 Å². The van der Waals surface area contributed by atoms with Crippen LogP contribution in [-0.4, -0.2) is 61.5 Å². The number of aliphatic hydroxyl groups excluding tert-OH is 1. The van der Waals surface area contributed by atoms with Crippen LogP contribution in [0.1, 0.15) is 27.7 Å². The Morgan fingerprint density at radius 3 is 2.31 bits per heavy atom. The maximum atomic E-state index is 9.87. The first-order valence-electron chi connectivity index (χ1n) is 6.11. The second-order valence-corrected chi connectivity index (χ2v) is 4.80. The minimum atomic E-state index is -0.318. The molecule has 16 heavy (non-hydrogen) atoms. The van der Waals surface area contributed by atoms with Gasteiger partial charge in [-0.25, -0.2) is 0 Å². The maximum Gasteiger partial charge on any atom is 0.0791 e. The van der Waals surface area contributed by atoms with Gasteiger partial charge in [0.1, 0.15) is 0 Å². The standard InChI is InChI=1S/C12H28N2O2/c1-10(2)13-8-12(15)9-14(11(3)4)6-7-16-5/h10-13,15H,6-9H2,1-5H3. The summed E-state index contributed by atoms with van der Waals surface area (Å²) in [7, 11) is 1.70. The highest BCUT2D eigenvalue weighted by Crippen LogP contribution is 2.00. The van der Waals surface area contributed by atoms with Gasteiger partial charge in [-0.1, -0.05) is 13.8 Å². The first kappa shape index (κ1) is 15.8. The molecule has 0 aliphatic rings. The van der Waals surface area contributed by atoms with E-state index < -0.39 is 0 Å². The average Bonchev–Trinajstić information content (AvgIpc) is 2.20. The zero-order valence-corrected chi connectivity index (χ0v) is 11.4. The van der Waals surface area contributed by atoms with Crippen LogP contribution in [0.3, 0.4) is 0 Å². The van der Waals surface area contributed by atoms with E-state index in [2.05, 4.69) is 37.9 Å². The molecule has 0 spiro atoms. The summed E-state index contributed by atoms with van der Waals surface area (Å²) in [6.07, 6.45) is -0.318. The molecule has 0 bridgehead atoms. The second kappa shape index (κ2) is 8.93. The molecule has 2 N–H and O–H groups in total. The normalized spacial score (nSPS) is 14.1. The molecule has 4 heteroatoms. The molecular weight excluding hydrogens is 204 g/mol. The number of ether oxygens (including phenoxy) is 1. The van der Waals surface area contributed by atoms with E-state index in [1.165, 1.54) is 0 Å². The van der Waals surface area contributed by atoms with Crippen molar-refractivity contribution in [1.29, 1.82) is 0 Å². The molecule has 0 saturated carbocycles. The molecule has 4 nitrogen and oxygen atoms in total. The van der Waals surface area contributed by atoms with E-state index in [1.54, 1.807) is 7.11 Å². The zero-order valence-electron chi connectivity index (χ0n) is 11.4. The van der Waals surface area contributed by atoms with Crippen molar-refractivity contribution in [1.82, 2.24) is 10.2 Å². The van der Waals surface area contributed by atoms with Crippen LogP contribution in [0.4, 0.5) is 0 Å². The molecule has 0 aromatic heterocycles. The van der Waals surface area contributed by atoms with Gasteiger partial charge in [0.05, 0.1) is 12.7 Å². The molecule has 0 aliphatic heterocycles. The first-order valence-corrected chi connectivity index (χ1v) is 6.11. The van der Waals surface area contributed by atoms with Gasteiger partial charge in [0.2, 0.25) is 0 Å². The number of methoxy groups -OCH3 is 1. The molecule has 1 unspecified atom stereocenters. The van der Waals surface area contributed by atoms with Crippen molar-refractivity contribution in [2.75, 3.05) is 33.4 Å². The van der Waals surface area contributed by atoms with Gasteiger partial charge in [0.25, 0.3) is 0 Å². The Morgan fingerprint density at radius 2 is 1.88 bits per heavy atom. The van der Waals surface area contributed by atoms with E-state index in [-0.39, 0.29) is 6.10 Å². The smallest absolute Gasteiger partial charge is 0.0791 e. The molecule has 0 rings (SSSR count). The van der Waals surface area contributed by atoms with E-state index in [4.69, 9.17) is 4.74 Å². The van der Waals surface area contributed by atoms with Gasteiger partial charge in [-0.15, -0.1) is 0 Å². The fraction of sp³-hybridized carbons (Fsp3) is 1.00. The van der Waals surface area contributed by atoms with Crippen molar-refractivity contribution in [3.63, 3.8) is 0 Å². The van der Waals surface area contributed by atoms with Gasteiger partial charge in [-0.3, -0.25) is 4.90 Å². The molecule has 0 aromatic carbocycles. The number of nitrogens with one attached hydrogen (secondary N) is 1. The highest BCUT2D eigenvalue weighted by atomic mass is 16.5. The van der Waals surface area contributed by atoms with Crippen molar-refractivity contribution < 1.29 is 9.84 Å². The van der Waals surface area contributed by atoms with E-state index >= 15 is 0 Å². The number of hydrogen-bond acceptors (Lipinski definition) is 4. The van der Waals surface area contributed by atoms with Crippen LogP contribution in [0.2, 0.25) is 0 Å². The maximum absolute atomic E-state index is 9.87. The molecule has 0 amide bonds. The minimum absolute atomic E-state index is 0.318. The Bertz CT molecular complexity index is 163. The van der Waals surface area contributed by atoms with Crippen LogP contribution >= 0.6 is 0 Å². The summed E-state index contributed by atoms with van der Waals surface area (Å²) < 4.78 is 5.06. The number of rotatable bonds is 9. The van der Waals surface area contributed by atoms with Crippen molar-refractivity contribution in [2.24, 2.45) is 0 Å². The Kier molecular flexibility index (Phi) is 8.84. The Labute approximate surface area is 100.0 Å². The highest BCUT2D eigenvalue weighted by Gasteiger charge is 2.14. The molecule has 98 valence electrons. The second-order valence-electron chi connectivity index (χ2n) is 4.80. The van der Waals surface area contributed by atoms with Gasteiger partial charge >= 0.3 is 0 Å². The zero-order chi connectivity index (χ0) is 12.6. The Balaban J connectivity index is 3.88.